The fourth-order valence-electron chi connectivity index (χ4n) is 2.99. The van der Waals surface area contributed by atoms with Crippen molar-refractivity contribution < 1.29 is 9.15 Å². The van der Waals surface area contributed by atoms with E-state index in [9.17, 15) is 0 Å². The Morgan fingerprint density at radius 2 is 2.14 bits per heavy atom. The normalized spacial score (nSPS) is 19.2. The second-order valence-electron chi connectivity index (χ2n) is 5.57. The van der Waals surface area contributed by atoms with E-state index in [0.29, 0.717) is 0 Å². The zero-order valence-electron chi connectivity index (χ0n) is 12.5. The number of hydrogen-bond donors (Lipinski definition) is 1. The quantitative estimate of drug-likeness (QED) is 0.870. The predicted octanol–water partition coefficient (Wildman–Crippen LogP) is 4.02. The second-order valence-corrected chi connectivity index (χ2v) is 5.57. The first-order valence-electron chi connectivity index (χ1n) is 7.84. The summed E-state index contributed by atoms with van der Waals surface area (Å²) in [6.07, 6.45) is 4.92. The van der Waals surface area contributed by atoms with Crippen molar-refractivity contribution in [3.05, 3.63) is 59.5 Å². The van der Waals surface area contributed by atoms with Crippen LogP contribution < -0.4 is 5.32 Å². The minimum atomic E-state index is 0.148. The van der Waals surface area contributed by atoms with Gasteiger partial charge in [-0.25, -0.2) is 0 Å². The van der Waals surface area contributed by atoms with Gasteiger partial charge in [-0.15, -0.1) is 0 Å². The van der Waals surface area contributed by atoms with Gasteiger partial charge in [-0.3, -0.25) is 0 Å². The Labute approximate surface area is 126 Å². The van der Waals surface area contributed by atoms with Crippen LogP contribution in [0.2, 0.25) is 0 Å². The van der Waals surface area contributed by atoms with Gasteiger partial charge in [0, 0.05) is 6.42 Å². The van der Waals surface area contributed by atoms with E-state index in [-0.39, 0.29) is 12.1 Å². The molecule has 3 heteroatoms. The summed E-state index contributed by atoms with van der Waals surface area (Å²) in [5, 5.41) is 3.58. The highest BCUT2D eigenvalue weighted by atomic mass is 16.5. The smallest absolute Gasteiger partial charge is 0.120 e. The maximum atomic E-state index is 6.03. The number of ether oxygens (including phenoxy) is 1. The molecule has 0 aliphatic carbocycles. The Morgan fingerprint density at radius 3 is 2.95 bits per heavy atom. The van der Waals surface area contributed by atoms with Crippen LogP contribution in [0.25, 0.3) is 0 Å². The summed E-state index contributed by atoms with van der Waals surface area (Å²) < 4.78 is 11.6. The molecule has 0 fully saturated rings. The molecule has 0 amide bonds. The number of furan rings is 1. The predicted molar refractivity (Wildman–Crippen MR) is 83.2 cm³/mol. The lowest BCUT2D eigenvalue weighted by molar-refractivity contribution is 0.0277. The van der Waals surface area contributed by atoms with Crippen LogP contribution in [0.3, 0.4) is 0 Å². The molecule has 3 rings (SSSR count). The van der Waals surface area contributed by atoms with Gasteiger partial charge in [-0.1, -0.05) is 31.2 Å². The van der Waals surface area contributed by atoms with E-state index in [1.165, 1.54) is 11.1 Å². The fourth-order valence-corrected chi connectivity index (χ4v) is 2.99. The van der Waals surface area contributed by atoms with Gasteiger partial charge in [0.1, 0.15) is 5.76 Å². The monoisotopic (exact) mass is 285 g/mol. The average Bonchev–Trinajstić information content (AvgIpc) is 3.06. The molecule has 21 heavy (non-hydrogen) atoms. The van der Waals surface area contributed by atoms with E-state index in [4.69, 9.17) is 9.15 Å². The summed E-state index contributed by atoms with van der Waals surface area (Å²) in [7, 11) is 0. The number of rotatable bonds is 6. The molecule has 2 heterocycles. The zero-order valence-corrected chi connectivity index (χ0v) is 12.5. The van der Waals surface area contributed by atoms with Crippen molar-refractivity contribution in [3.63, 3.8) is 0 Å². The highest BCUT2D eigenvalue weighted by Gasteiger charge is 2.25. The number of benzene rings is 1. The van der Waals surface area contributed by atoms with Crippen LogP contribution in [0, 0.1) is 0 Å². The molecule has 0 spiro atoms. The van der Waals surface area contributed by atoms with Crippen LogP contribution in [0.1, 0.15) is 48.8 Å². The molecule has 1 N–H and O–H groups in total. The lowest BCUT2D eigenvalue weighted by Crippen LogP contribution is -2.26. The van der Waals surface area contributed by atoms with Crippen LogP contribution in [0.4, 0.5) is 0 Å². The lowest BCUT2D eigenvalue weighted by Gasteiger charge is -2.29. The van der Waals surface area contributed by atoms with Crippen LogP contribution in [0.15, 0.2) is 47.1 Å². The highest BCUT2D eigenvalue weighted by molar-refractivity contribution is 5.31. The van der Waals surface area contributed by atoms with Crippen molar-refractivity contribution in [2.75, 3.05) is 13.2 Å². The molecule has 0 radical (unpaired) electrons. The van der Waals surface area contributed by atoms with Crippen LogP contribution in [0.5, 0.6) is 0 Å². The number of nitrogens with one attached hydrogen (secondary N) is 1. The van der Waals surface area contributed by atoms with E-state index in [0.717, 1.165) is 38.2 Å². The Kier molecular flexibility index (Phi) is 4.73. The van der Waals surface area contributed by atoms with Crippen LogP contribution in [-0.4, -0.2) is 13.2 Å². The molecule has 2 aromatic rings. The summed E-state index contributed by atoms with van der Waals surface area (Å²) in [6.45, 7) is 3.97. The SMILES string of the molecule is CCCNC(CC1OCCc2ccccc21)c1ccco1. The van der Waals surface area contributed by atoms with Gasteiger partial charge >= 0.3 is 0 Å². The van der Waals surface area contributed by atoms with Gasteiger partial charge in [0.05, 0.1) is 25.0 Å². The van der Waals surface area contributed by atoms with Crippen molar-refractivity contribution in [2.24, 2.45) is 0 Å². The molecule has 1 aromatic heterocycles. The van der Waals surface area contributed by atoms with Gasteiger partial charge < -0.3 is 14.5 Å². The third-order valence-corrected chi connectivity index (χ3v) is 4.07. The first kappa shape index (κ1) is 14.4. The molecule has 0 saturated carbocycles. The van der Waals surface area contributed by atoms with Crippen LogP contribution in [-0.2, 0) is 11.2 Å². The van der Waals surface area contributed by atoms with Gasteiger partial charge in [0.2, 0.25) is 0 Å². The summed E-state index contributed by atoms with van der Waals surface area (Å²) in [5.41, 5.74) is 2.75. The highest BCUT2D eigenvalue weighted by Crippen LogP contribution is 2.34. The maximum absolute atomic E-state index is 6.03. The second kappa shape index (κ2) is 6.92. The zero-order chi connectivity index (χ0) is 14.5. The minimum absolute atomic E-state index is 0.148. The molecule has 1 aromatic carbocycles. The Morgan fingerprint density at radius 1 is 1.24 bits per heavy atom. The largest absolute Gasteiger partial charge is 0.468 e. The standard InChI is InChI=1S/C18H23NO2/c1-2-10-19-16(17-8-5-11-20-17)13-18-15-7-4-3-6-14(15)9-12-21-18/h3-8,11,16,18-19H,2,9-10,12-13H2,1H3. The molecule has 3 nitrogen and oxygen atoms in total. The Hall–Kier alpha value is -1.58. The van der Waals surface area contributed by atoms with E-state index in [1.807, 2.05) is 12.1 Å². The average molecular weight is 285 g/mol. The molecule has 0 saturated heterocycles. The minimum Gasteiger partial charge on any atom is -0.468 e. The van der Waals surface area contributed by atoms with Crippen molar-refractivity contribution in [3.8, 4) is 0 Å². The lowest BCUT2D eigenvalue weighted by atomic mass is 9.93. The van der Waals surface area contributed by atoms with Gasteiger partial charge in [0.15, 0.2) is 0 Å². The Balaban J connectivity index is 1.77. The van der Waals surface area contributed by atoms with Gasteiger partial charge in [-0.05, 0) is 42.6 Å². The van der Waals surface area contributed by atoms with E-state index >= 15 is 0 Å². The summed E-state index contributed by atoms with van der Waals surface area (Å²) >= 11 is 0. The van der Waals surface area contributed by atoms with Crippen LogP contribution >= 0.6 is 0 Å². The molecule has 1 aliphatic rings. The van der Waals surface area contributed by atoms with Crippen molar-refractivity contribution >= 4 is 0 Å². The summed E-state index contributed by atoms with van der Waals surface area (Å²) in [6, 6.07) is 12.8. The summed E-state index contributed by atoms with van der Waals surface area (Å²) in [5.74, 6) is 0.995. The summed E-state index contributed by atoms with van der Waals surface area (Å²) in [4.78, 5) is 0. The van der Waals surface area contributed by atoms with Gasteiger partial charge in [0.25, 0.3) is 0 Å². The van der Waals surface area contributed by atoms with Gasteiger partial charge in [-0.2, -0.15) is 0 Å². The third kappa shape index (κ3) is 3.36. The molecule has 2 unspecified atom stereocenters. The fraction of sp³-hybridized carbons (Fsp3) is 0.444. The third-order valence-electron chi connectivity index (χ3n) is 4.07. The first-order chi connectivity index (χ1) is 10.4. The maximum Gasteiger partial charge on any atom is 0.120 e. The molecule has 1 aliphatic heterocycles. The van der Waals surface area contributed by atoms with E-state index < -0.39 is 0 Å². The number of fused-ring (bicyclic) bond motifs is 1. The molecule has 2 atom stereocenters. The van der Waals surface area contributed by atoms with E-state index in [2.05, 4.69) is 36.5 Å². The Bertz CT molecular complexity index is 550. The van der Waals surface area contributed by atoms with Crippen molar-refractivity contribution in [1.82, 2.24) is 5.32 Å². The molecular weight excluding hydrogens is 262 g/mol. The topological polar surface area (TPSA) is 34.4 Å². The van der Waals surface area contributed by atoms with Crippen molar-refractivity contribution in [1.29, 1.82) is 0 Å². The number of hydrogen-bond acceptors (Lipinski definition) is 3. The first-order valence-corrected chi connectivity index (χ1v) is 7.84. The molecule has 112 valence electrons. The molecule has 0 bridgehead atoms. The van der Waals surface area contributed by atoms with Crippen molar-refractivity contribution in [2.45, 2.75) is 38.3 Å². The van der Waals surface area contributed by atoms with E-state index in [1.54, 1.807) is 6.26 Å². The molecular formula is C18H23NO2.